The van der Waals surface area contributed by atoms with Gasteiger partial charge >= 0.3 is 0 Å². The Hall–Kier alpha value is -2.07. The zero-order valence-electron chi connectivity index (χ0n) is 9.08. The van der Waals surface area contributed by atoms with Crippen LogP contribution in [0, 0.1) is 11.7 Å². The van der Waals surface area contributed by atoms with Gasteiger partial charge in [0.25, 0.3) is 0 Å². The van der Waals surface area contributed by atoms with Crippen molar-refractivity contribution < 1.29 is 9.18 Å². The second-order valence-corrected chi connectivity index (χ2v) is 3.94. The number of carbonyl (C=O) groups is 1. The molecule has 1 atom stereocenters. The predicted octanol–water partition coefficient (Wildman–Crippen LogP) is 2.49. The normalized spacial score (nSPS) is 19.2. The van der Waals surface area contributed by atoms with Crippen molar-refractivity contribution in [2.45, 2.75) is 6.42 Å². The van der Waals surface area contributed by atoms with Crippen molar-refractivity contribution in [3.8, 4) is 0 Å². The first-order chi connectivity index (χ1) is 8.22. The van der Waals surface area contributed by atoms with Crippen LogP contribution in [-0.2, 0) is 4.79 Å². The first kappa shape index (κ1) is 11.4. The van der Waals surface area contributed by atoms with Crippen molar-refractivity contribution >= 4 is 11.6 Å². The van der Waals surface area contributed by atoms with Gasteiger partial charge in [0.2, 0.25) is 5.91 Å². The van der Waals surface area contributed by atoms with Crippen LogP contribution in [0.5, 0.6) is 0 Å². The molecule has 0 bridgehead atoms. The molecule has 0 radical (unpaired) electrons. The van der Waals surface area contributed by atoms with Crippen LogP contribution in [0.15, 0.2) is 29.4 Å². The highest BCUT2D eigenvalue weighted by Gasteiger charge is 2.31. The summed E-state index contributed by atoms with van der Waals surface area (Å²) in [6, 6.07) is 6.16. The number of nitrogens with zero attached hydrogens (tertiary/aromatic N) is 4. The summed E-state index contributed by atoms with van der Waals surface area (Å²) in [5.41, 5.74) is 8.51. The summed E-state index contributed by atoms with van der Waals surface area (Å²) in [7, 11) is 0. The van der Waals surface area contributed by atoms with Gasteiger partial charge in [-0.05, 0) is 23.6 Å². The van der Waals surface area contributed by atoms with E-state index in [1.165, 1.54) is 11.0 Å². The Bertz CT molecular complexity index is 484. The zero-order chi connectivity index (χ0) is 12.3. The van der Waals surface area contributed by atoms with Crippen molar-refractivity contribution in [2.75, 3.05) is 18.0 Å². The summed E-state index contributed by atoms with van der Waals surface area (Å²) in [4.78, 5) is 15.8. The molecule has 0 spiro atoms. The lowest BCUT2D eigenvalue weighted by Gasteiger charge is -2.16. The monoisotopic (exact) mass is 234 g/mol. The van der Waals surface area contributed by atoms with Crippen molar-refractivity contribution in [1.29, 1.82) is 0 Å². The maximum atomic E-state index is 13.5. The fourth-order valence-corrected chi connectivity index (χ4v) is 1.96. The highest BCUT2D eigenvalue weighted by Crippen LogP contribution is 2.27. The minimum Gasteiger partial charge on any atom is -0.309 e. The van der Waals surface area contributed by atoms with Crippen LogP contribution >= 0.6 is 0 Å². The molecular formula is C11H11FN4O. The van der Waals surface area contributed by atoms with Crippen molar-refractivity contribution in [3.63, 3.8) is 0 Å². The molecule has 1 amide bonds. The van der Waals surface area contributed by atoms with E-state index in [2.05, 4.69) is 10.0 Å². The number of hydrogen-bond donors (Lipinski definition) is 0. The molecule has 5 nitrogen and oxygen atoms in total. The number of carbonyl (C=O) groups excluding carboxylic acids is 1. The predicted molar refractivity (Wildman–Crippen MR) is 60.9 cm³/mol. The van der Waals surface area contributed by atoms with Crippen LogP contribution in [0.3, 0.4) is 0 Å². The molecule has 1 saturated heterocycles. The Labute approximate surface area is 97.5 Å². The molecule has 1 aliphatic rings. The number of azide groups is 1. The second-order valence-electron chi connectivity index (χ2n) is 3.94. The minimum absolute atomic E-state index is 0.0296. The zero-order valence-corrected chi connectivity index (χ0v) is 9.08. The van der Waals surface area contributed by atoms with E-state index in [4.69, 9.17) is 5.53 Å². The van der Waals surface area contributed by atoms with Crippen molar-refractivity contribution in [1.82, 2.24) is 0 Å². The molecule has 0 aromatic heterocycles. The first-order valence-electron chi connectivity index (χ1n) is 5.28. The number of hydrogen-bond acceptors (Lipinski definition) is 2. The van der Waals surface area contributed by atoms with E-state index in [1.807, 2.05) is 0 Å². The van der Waals surface area contributed by atoms with E-state index in [-0.39, 0.29) is 18.4 Å². The second kappa shape index (κ2) is 4.84. The molecule has 1 aromatic rings. The van der Waals surface area contributed by atoms with E-state index in [0.29, 0.717) is 18.7 Å². The summed E-state index contributed by atoms with van der Waals surface area (Å²) in [5.74, 6) is -0.573. The molecule has 17 heavy (non-hydrogen) atoms. The number of rotatable bonds is 3. The van der Waals surface area contributed by atoms with Gasteiger partial charge in [-0.2, -0.15) is 0 Å². The number of anilines is 1. The van der Waals surface area contributed by atoms with Crippen LogP contribution in [0.1, 0.15) is 6.42 Å². The van der Waals surface area contributed by atoms with Gasteiger partial charge in [-0.25, -0.2) is 4.39 Å². The lowest BCUT2D eigenvalue weighted by atomic mass is 10.1. The summed E-state index contributed by atoms with van der Waals surface area (Å²) in [5, 5.41) is 3.45. The van der Waals surface area contributed by atoms with E-state index in [9.17, 15) is 9.18 Å². The Kier molecular flexibility index (Phi) is 3.25. The highest BCUT2D eigenvalue weighted by atomic mass is 19.1. The fourth-order valence-electron chi connectivity index (χ4n) is 1.96. The number of amides is 1. The summed E-state index contributed by atoms with van der Waals surface area (Å²) in [6.45, 7) is 0.673. The molecule has 1 aromatic carbocycles. The Morgan fingerprint density at radius 1 is 1.53 bits per heavy atom. The fraction of sp³-hybridized carbons (Fsp3) is 0.364. The first-order valence-corrected chi connectivity index (χ1v) is 5.28. The molecule has 1 fully saturated rings. The van der Waals surface area contributed by atoms with Crippen molar-refractivity contribution in [3.05, 3.63) is 40.5 Å². The maximum absolute atomic E-state index is 13.5. The Balaban J connectivity index is 2.16. The molecule has 0 saturated carbocycles. The maximum Gasteiger partial charge on any atom is 0.227 e. The van der Waals surface area contributed by atoms with Crippen LogP contribution < -0.4 is 4.90 Å². The van der Waals surface area contributed by atoms with Gasteiger partial charge in [0.15, 0.2) is 0 Å². The third kappa shape index (κ3) is 2.37. The molecule has 1 heterocycles. The van der Waals surface area contributed by atoms with Gasteiger partial charge in [-0.15, -0.1) is 0 Å². The van der Waals surface area contributed by atoms with Crippen molar-refractivity contribution in [2.24, 2.45) is 11.0 Å². The summed E-state index contributed by atoms with van der Waals surface area (Å²) in [6.07, 6.45) is 0.299. The lowest BCUT2D eigenvalue weighted by Crippen LogP contribution is -2.25. The molecule has 1 unspecified atom stereocenters. The summed E-state index contributed by atoms with van der Waals surface area (Å²) >= 11 is 0. The SMILES string of the molecule is [N-]=[N+]=NCC1CC(=O)N(c2ccccc2F)C1. The van der Waals surface area contributed by atoms with E-state index >= 15 is 0 Å². The van der Waals surface area contributed by atoms with Gasteiger partial charge in [0.1, 0.15) is 5.82 Å². The number of halogens is 1. The summed E-state index contributed by atoms with van der Waals surface area (Å²) < 4.78 is 13.5. The number of benzene rings is 1. The van der Waals surface area contributed by atoms with Gasteiger partial charge in [0.05, 0.1) is 5.69 Å². The average molecular weight is 234 g/mol. The smallest absolute Gasteiger partial charge is 0.227 e. The highest BCUT2D eigenvalue weighted by molar-refractivity contribution is 5.95. The van der Waals surface area contributed by atoms with Crippen LogP contribution in [0.2, 0.25) is 0 Å². The average Bonchev–Trinajstić information content (AvgIpc) is 2.68. The van der Waals surface area contributed by atoms with Gasteiger partial charge in [-0.1, -0.05) is 17.2 Å². The van der Waals surface area contributed by atoms with Crippen LogP contribution in [-0.4, -0.2) is 19.0 Å². The van der Waals surface area contributed by atoms with Gasteiger partial charge < -0.3 is 4.90 Å². The standard InChI is InChI=1S/C11H11FN4O/c12-9-3-1-2-4-10(9)16-7-8(5-11(16)17)6-14-15-13/h1-4,8H,5-7H2. The van der Waals surface area contributed by atoms with Gasteiger partial charge in [0, 0.05) is 24.4 Å². The molecular weight excluding hydrogens is 223 g/mol. The minimum atomic E-state index is -0.412. The third-order valence-electron chi connectivity index (χ3n) is 2.75. The Morgan fingerprint density at radius 3 is 3.00 bits per heavy atom. The van der Waals surface area contributed by atoms with Crippen LogP contribution in [0.4, 0.5) is 10.1 Å². The van der Waals surface area contributed by atoms with Crippen LogP contribution in [0.25, 0.3) is 10.4 Å². The number of para-hydroxylation sites is 1. The molecule has 2 rings (SSSR count). The largest absolute Gasteiger partial charge is 0.309 e. The van der Waals surface area contributed by atoms with Gasteiger partial charge in [-0.3, -0.25) is 4.79 Å². The quantitative estimate of drug-likeness (QED) is 0.450. The Morgan fingerprint density at radius 2 is 2.29 bits per heavy atom. The molecule has 1 aliphatic heterocycles. The van der Waals surface area contributed by atoms with E-state index in [0.717, 1.165) is 0 Å². The van der Waals surface area contributed by atoms with E-state index in [1.54, 1.807) is 18.2 Å². The lowest BCUT2D eigenvalue weighted by molar-refractivity contribution is -0.117. The van der Waals surface area contributed by atoms with E-state index < -0.39 is 5.82 Å². The molecule has 88 valence electrons. The topological polar surface area (TPSA) is 69.1 Å². The molecule has 0 aliphatic carbocycles. The molecule has 6 heteroatoms. The molecule has 0 N–H and O–H groups in total. The third-order valence-corrected chi connectivity index (χ3v) is 2.75.